The van der Waals surface area contributed by atoms with E-state index in [1.165, 1.54) is 11.6 Å². The number of rotatable bonds is 5. The molecule has 0 saturated heterocycles. The van der Waals surface area contributed by atoms with E-state index in [0.717, 1.165) is 12.2 Å². The van der Waals surface area contributed by atoms with E-state index < -0.39 is 5.95 Å². The van der Waals surface area contributed by atoms with Crippen molar-refractivity contribution in [3.63, 3.8) is 0 Å². The molecule has 1 N–H and O–H groups in total. The molecule has 1 atom stereocenters. The molecule has 2 aromatic rings. The third kappa shape index (κ3) is 3.95. The Bertz CT molecular complexity index is 528. The average molecular weight is 260 g/mol. The van der Waals surface area contributed by atoms with E-state index in [1.807, 2.05) is 31.2 Å². The Labute approximate surface area is 112 Å². The largest absolute Gasteiger partial charge is 0.497 e. The van der Waals surface area contributed by atoms with Crippen LogP contribution in [0.5, 0.6) is 5.75 Å². The van der Waals surface area contributed by atoms with Gasteiger partial charge in [-0.2, -0.15) is 4.39 Å². The number of benzene rings is 1. The fourth-order valence-corrected chi connectivity index (χ4v) is 1.91. The maximum Gasteiger partial charge on any atom is 0.214 e. The summed E-state index contributed by atoms with van der Waals surface area (Å²) in [5.74, 6) is 0.929. The normalized spacial score (nSPS) is 11.9. The predicted molar refractivity (Wildman–Crippen MR) is 74.0 cm³/mol. The van der Waals surface area contributed by atoms with Gasteiger partial charge in [0.25, 0.3) is 0 Å². The van der Waals surface area contributed by atoms with Gasteiger partial charge in [-0.3, -0.25) is 0 Å². The van der Waals surface area contributed by atoms with Crippen molar-refractivity contribution in [3.8, 4) is 5.75 Å². The van der Waals surface area contributed by atoms with Crippen LogP contribution in [-0.2, 0) is 6.42 Å². The Hall–Kier alpha value is -2.10. The van der Waals surface area contributed by atoms with Crippen LogP contribution in [0.3, 0.4) is 0 Å². The number of aromatic nitrogens is 1. The van der Waals surface area contributed by atoms with Crippen LogP contribution >= 0.6 is 0 Å². The Morgan fingerprint density at radius 3 is 2.58 bits per heavy atom. The average Bonchev–Trinajstić information content (AvgIpc) is 2.39. The molecule has 0 saturated carbocycles. The van der Waals surface area contributed by atoms with Gasteiger partial charge >= 0.3 is 0 Å². The van der Waals surface area contributed by atoms with Crippen LogP contribution in [0.15, 0.2) is 42.5 Å². The molecule has 0 aliphatic rings. The molecule has 19 heavy (non-hydrogen) atoms. The molecule has 1 aromatic carbocycles. The molecule has 0 spiro atoms. The third-order valence-electron chi connectivity index (χ3n) is 2.81. The number of ether oxygens (including phenoxy) is 1. The van der Waals surface area contributed by atoms with E-state index in [1.54, 1.807) is 19.2 Å². The minimum absolute atomic E-state index is 0.169. The summed E-state index contributed by atoms with van der Waals surface area (Å²) in [4.78, 5) is 3.78. The number of pyridine rings is 1. The van der Waals surface area contributed by atoms with Crippen molar-refractivity contribution in [1.29, 1.82) is 0 Å². The van der Waals surface area contributed by atoms with Gasteiger partial charge in [-0.25, -0.2) is 4.98 Å². The van der Waals surface area contributed by atoms with Gasteiger partial charge in [0, 0.05) is 6.04 Å². The number of nitrogens with zero attached hydrogens (tertiary/aromatic N) is 1. The van der Waals surface area contributed by atoms with Crippen LogP contribution in [0.4, 0.5) is 10.2 Å². The number of nitrogens with one attached hydrogen (secondary N) is 1. The van der Waals surface area contributed by atoms with E-state index in [9.17, 15) is 4.39 Å². The van der Waals surface area contributed by atoms with Crippen molar-refractivity contribution < 1.29 is 9.13 Å². The highest BCUT2D eigenvalue weighted by Crippen LogP contribution is 2.14. The van der Waals surface area contributed by atoms with Gasteiger partial charge in [0.1, 0.15) is 11.6 Å². The predicted octanol–water partition coefficient (Wildman–Crippen LogP) is 3.27. The lowest BCUT2D eigenvalue weighted by Gasteiger charge is -2.14. The SMILES string of the molecule is COc1ccc(CC(C)Nc2cccc(F)n2)cc1. The van der Waals surface area contributed by atoms with Crippen LogP contribution in [0.2, 0.25) is 0 Å². The molecular weight excluding hydrogens is 243 g/mol. The summed E-state index contributed by atoms with van der Waals surface area (Å²) in [5.41, 5.74) is 1.19. The molecule has 3 nitrogen and oxygen atoms in total. The van der Waals surface area contributed by atoms with E-state index in [4.69, 9.17) is 4.74 Å². The summed E-state index contributed by atoms with van der Waals surface area (Å²) in [6.07, 6.45) is 0.836. The van der Waals surface area contributed by atoms with E-state index in [-0.39, 0.29) is 6.04 Å². The first-order valence-corrected chi connectivity index (χ1v) is 6.19. The topological polar surface area (TPSA) is 34.1 Å². The lowest BCUT2D eigenvalue weighted by molar-refractivity contribution is 0.414. The zero-order valence-electron chi connectivity index (χ0n) is 11.1. The highest BCUT2D eigenvalue weighted by Gasteiger charge is 2.05. The van der Waals surface area contributed by atoms with Crippen molar-refractivity contribution in [3.05, 3.63) is 54.0 Å². The highest BCUT2D eigenvalue weighted by molar-refractivity contribution is 5.35. The van der Waals surface area contributed by atoms with Gasteiger partial charge in [-0.1, -0.05) is 18.2 Å². The van der Waals surface area contributed by atoms with Crippen molar-refractivity contribution in [2.45, 2.75) is 19.4 Å². The van der Waals surface area contributed by atoms with Crippen LogP contribution in [0.1, 0.15) is 12.5 Å². The van der Waals surface area contributed by atoms with E-state index in [2.05, 4.69) is 10.3 Å². The summed E-state index contributed by atoms with van der Waals surface area (Å²) in [5, 5.41) is 3.18. The highest BCUT2D eigenvalue weighted by atomic mass is 19.1. The van der Waals surface area contributed by atoms with Gasteiger partial charge in [0.15, 0.2) is 0 Å². The number of hydrogen-bond donors (Lipinski definition) is 1. The first kappa shape index (κ1) is 13.3. The molecule has 1 aromatic heterocycles. The monoisotopic (exact) mass is 260 g/mol. The molecule has 0 aliphatic heterocycles. The number of hydrogen-bond acceptors (Lipinski definition) is 3. The molecule has 0 bridgehead atoms. The van der Waals surface area contributed by atoms with Crippen LogP contribution in [0, 0.1) is 5.95 Å². The third-order valence-corrected chi connectivity index (χ3v) is 2.81. The standard InChI is InChI=1S/C15H17FN2O/c1-11(17-15-5-3-4-14(16)18-15)10-12-6-8-13(19-2)9-7-12/h3-9,11H,10H2,1-2H3,(H,17,18). The number of methoxy groups -OCH3 is 1. The Morgan fingerprint density at radius 1 is 1.21 bits per heavy atom. The minimum Gasteiger partial charge on any atom is -0.497 e. The van der Waals surface area contributed by atoms with Gasteiger partial charge in [-0.05, 0) is 43.2 Å². The summed E-state index contributed by atoms with van der Waals surface area (Å²) >= 11 is 0. The molecule has 0 amide bonds. The fourth-order valence-electron chi connectivity index (χ4n) is 1.91. The summed E-state index contributed by atoms with van der Waals surface area (Å²) in [7, 11) is 1.65. The zero-order valence-corrected chi connectivity index (χ0v) is 11.1. The van der Waals surface area contributed by atoms with Crippen LogP contribution < -0.4 is 10.1 Å². The summed E-state index contributed by atoms with van der Waals surface area (Å²) in [6, 6.07) is 12.8. The Morgan fingerprint density at radius 2 is 1.95 bits per heavy atom. The van der Waals surface area contributed by atoms with E-state index >= 15 is 0 Å². The lowest BCUT2D eigenvalue weighted by Crippen LogP contribution is -2.19. The maximum absolute atomic E-state index is 13.0. The van der Waals surface area contributed by atoms with Crippen LogP contribution in [0.25, 0.3) is 0 Å². The van der Waals surface area contributed by atoms with E-state index in [0.29, 0.717) is 5.82 Å². The summed E-state index contributed by atoms with van der Waals surface area (Å²) < 4.78 is 18.1. The zero-order chi connectivity index (χ0) is 13.7. The lowest BCUT2D eigenvalue weighted by atomic mass is 10.1. The number of halogens is 1. The molecule has 1 heterocycles. The smallest absolute Gasteiger partial charge is 0.214 e. The second-order valence-corrected chi connectivity index (χ2v) is 4.44. The molecule has 1 unspecified atom stereocenters. The van der Waals surface area contributed by atoms with Gasteiger partial charge in [-0.15, -0.1) is 0 Å². The van der Waals surface area contributed by atoms with Crippen molar-refractivity contribution in [1.82, 2.24) is 4.98 Å². The van der Waals surface area contributed by atoms with Crippen LogP contribution in [-0.4, -0.2) is 18.1 Å². The molecule has 4 heteroatoms. The molecule has 2 rings (SSSR count). The Balaban J connectivity index is 1.95. The van der Waals surface area contributed by atoms with Crippen molar-refractivity contribution in [2.75, 3.05) is 12.4 Å². The molecular formula is C15H17FN2O. The molecule has 0 radical (unpaired) electrons. The quantitative estimate of drug-likeness (QED) is 0.838. The second-order valence-electron chi connectivity index (χ2n) is 4.44. The Kier molecular flexibility index (Phi) is 4.34. The molecule has 100 valence electrons. The van der Waals surface area contributed by atoms with Crippen molar-refractivity contribution in [2.24, 2.45) is 0 Å². The summed E-state index contributed by atoms with van der Waals surface area (Å²) in [6.45, 7) is 2.04. The molecule has 0 aliphatic carbocycles. The maximum atomic E-state index is 13.0. The molecule has 0 fully saturated rings. The second kappa shape index (κ2) is 6.18. The first-order valence-electron chi connectivity index (χ1n) is 6.19. The fraction of sp³-hybridized carbons (Fsp3) is 0.267. The van der Waals surface area contributed by atoms with Crippen molar-refractivity contribution >= 4 is 5.82 Å². The minimum atomic E-state index is -0.471. The van der Waals surface area contributed by atoms with Gasteiger partial charge < -0.3 is 10.1 Å². The van der Waals surface area contributed by atoms with Gasteiger partial charge in [0.05, 0.1) is 7.11 Å². The van der Waals surface area contributed by atoms with Gasteiger partial charge in [0.2, 0.25) is 5.95 Å². The first-order chi connectivity index (χ1) is 9.17. The number of anilines is 1.